The molecule has 5 heteroatoms. The molecular weight excluding hydrogens is 296 g/mol. The third-order valence-corrected chi connectivity index (χ3v) is 3.41. The van der Waals surface area contributed by atoms with Crippen LogP contribution in [0.2, 0.25) is 0 Å². The van der Waals surface area contributed by atoms with E-state index in [4.69, 9.17) is 14.2 Å². The number of aromatic hydroxyl groups is 1. The molecule has 0 radical (unpaired) electrons. The van der Waals surface area contributed by atoms with Gasteiger partial charge in [-0.1, -0.05) is 30.4 Å². The van der Waals surface area contributed by atoms with Crippen LogP contribution in [-0.2, 0) is 4.74 Å². The molecule has 1 heterocycles. The Morgan fingerprint density at radius 1 is 1.22 bits per heavy atom. The third-order valence-electron chi connectivity index (χ3n) is 3.41. The fourth-order valence-corrected chi connectivity index (χ4v) is 2.32. The maximum Gasteiger partial charge on any atom is 0.342 e. The summed E-state index contributed by atoms with van der Waals surface area (Å²) in [6.07, 6.45) is 3.59. The highest BCUT2D eigenvalue weighted by Crippen LogP contribution is 2.33. The minimum absolute atomic E-state index is 0.101. The highest BCUT2D eigenvalue weighted by Gasteiger charge is 2.16. The van der Waals surface area contributed by atoms with Gasteiger partial charge in [0.25, 0.3) is 0 Å². The van der Waals surface area contributed by atoms with Gasteiger partial charge in [-0.3, -0.25) is 0 Å². The third kappa shape index (κ3) is 3.13. The van der Waals surface area contributed by atoms with Crippen LogP contribution >= 0.6 is 0 Å². The molecule has 0 saturated heterocycles. The number of ether oxygens (including phenoxy) is 3. The number of phenolic OH excluding ortho intramolecular Hbond substituents is 1. The van der Waals surface area contributed by atoms with E-state index in [0.29, 0.717) is 17.1 Å². The van der Waals surface area contributed by atoms with Crippen molar-refractivity contribution in [2.75, 3.05) is 13.4 Å². The molecule has 3 rings (SSSR count). The molecule has 0 atom stereocenters. The predicted octanol–water partition coefficient (Wildman–Crippen LogP) is 3.47. The maximum atomic E-state index is 12.0. The van der Waals surface area contributed by atoms with E-state index >= 15 is 0 Å². The van der Waals surface area contributed by atoms with E-state index in [2.05, 4.69) is 0 Å². The molecule has 1 aliphatic heterocycles. The molecule has 0 amide bonds. The second-order valence-corrected chi connectivity index (χ2v) is 4.91. The van der Waals surface area contributed by atoms with Gasteiger partial charge >= 0.3 is 5.97 Å². The zero-order valence-electron chi connectivity index (χ0n) is 12.6. The van der Waals surface area contributed by atoms with Gasteiger partial charge < -0.3 is 19.3 Å². The van der Waals surface area contributed by atoms with Crippen molar-refractivity contribution in [3.63, 3.8) is 0 Å². The molecule has 5 nitrogen and oxygen atoms in total. The molecule has 118 valence electrons. The Morgan fingerprint density at radius 2 is 2.04 bits per heavy atom. The summed E-state index contributed by atoms with van der Waals surface area (Å²) in [5, 5.41) is 9.94. The van der Waals surface area contributed by atoms with Crippen LogP contribution < -0.4 is 9.47 Å². The smallest absolute Gasteiger partial charge is 0.342 e. The number of hydrogen-bond donors (Lipinski definition) is 1. The summed E-state index contributed by atoms with van der Waals surface area (Å²) >= 11 is 0. The first-order valence-corrected chi connectivity index (χ1v) is 7.26. The Morgan fingerprint density at radius 3 is 2.87 bits per heavy atom. The Bertz CT molecular complexity index is 764. The van der Waals surface area contributed by atoms with Crippen LogP contribution in [0.1, 0.15) is 28.4 Å². The van der Waals surface area contributed by atoms with Gasteiger partial charge in [0.05, 0.1) is 6.61 Å². The summed E-state index contributed by atoms with van der Waals surface area (Å²) in [6, 6.07) is 10.5. The Balaban J connectivity index is 1.90. The number of phenols is 1. The van der Waals surface area contributed by atoms with Crippen molar-refractivity contribution in [1.29, 1.82) is 0 Å². The number of rotatable bonds is 4. The minimum Gasteiger partial charge on any atom is -0.507 e. The van der Waals surface area contributed by atoms with Crippen molar-refractivity contribution < 1.29 is 24.1 Å². The highest BCUT2D eigenvalue weighted by atomic mass is 16.7. The second-order valence-electron chi connectivity index (χ2n) is 4.91. The highest BCUT2D eigenvalue weighted by molar-refractivity contribution is 5.97. The zero-order chi connectivity index (χ0) is 16.2. The van der Waals surface area contributed by atoms with Crippen molar-refractivity contribution in [3.05, 3.63) is 53.1 Å². The SMILES string of the molecule is CCOC(=O)c1c(O)cccc1/C=C/c1ccc2c(c1)OCO2. The molecule has 0 bridgehead atoms. The molecule has 0 unspecified atom stereocenters. The van der Waals surface area contributed by atoms with Crippen LogP contribution in [-0.4, -0.2) is 24.5 Å². The molecule has 23 heavy (non-hydrogen) atoms. The van der Waals surface area contributed by atoms with Gasteiger partial charge in [0.1, 0.15) is 11.3 Å². The van der Waals surface area contributed by atoms with Crippen molar-refractivity contribution in [2.45, 2.75) is 6.92 Å². The summed E-state index contributed by atoms with van der Waals surface area (Å²) in [5.41, 5.74) is 1.64. The van der Waals surface area contributed by atoms with Gasteiger partial charge in [0.15, 0.2) is 11.5 Å². The van der Waals surface area contributed by atoms with E-state index in [0.717, 1.165) is 5.56 Å². The topological polar surface area (TPSA) is 65.0 Å². The van der Waals surface area contributed by atoms with E-state index in [9.17, 15) is 9.90 Å². The van der Waals surface area contributed by atoms with E-state index in [1.54, 1.807) is 25.1 Å². The lowest BCUT2D eigenvalue weighted by Crippen LogP contribution is -2.06. The van der Waals surface area contributed by atoms with Gasteiger partial charge in [0, 0.05) is 0 Å². The Hall–Kier alpha value is -2.95. The molecule has 2 aromatic carbocycles. The van der Waals surface area contributed by atoms with E-state index < -0.39 is 5.97 Å². The van der Waals surface area contributed by atoms with Crippen LogP contribution in [0.25, 0.3) is 12.2 Å². The molecule has 0 fully saturated rings. The lowest BCUT2D eigenvalue weighted by Gasteiger charge is -2.07. The van der Waals surface area contributed by atoms with Crippen LogP contribution in [0.5, 0.6) is 17.2 Å². The molecule has 2 aromatic rings. The summed E-state index contributed by atoms with van der Waals surface area (Å²) in [6.45, 7) is 2.20. The fraction of sp³-hybridized carbons (Fsp3) is 0.167. The van der Waals surface area contributed by atoms with Crippen molar-refractivity contribution >= 4 is 18.1 Å². The van der Waals surface area contributed by atoms with Gasteiger partial charge in [-0.2, -0.15) is 0 Å². The average Bonchev–Trinajstić information content (AvgIpc) is 3.00. The molecule has 0 saturated carbocycles. The number of carbonyl (C=O) groups is 1. The molecule has 0 aromatic heterocycles. The molecule has 1 N–H and O–H groups in total. The van der Waals surface area contributed by atoms with E-state index in [1.165, 1.54) is 6.07 Å². The van der Waals surface area contributed by atoms with Crippen LogP contribution in [0.3, 0.4) is 0 Å². The number of hydrogen-bond acceptors (Lipinski definition) is 5. The first-order chi connectivity index (χ1) is 11.2. The Kier molecular flexibility index (Phi) is 4.19. The van der Waals surface area contributed by atoms with Crippen molar-refractivity contribution in [1.82, 2.24) is 0 Å². The number of benzene rings is 2. The maximum absolute atomic E-state index is 12.0. The minimum atomic E-state index is -0.545. The quantitative estimate of drug-likeness (QED) is 0.692. The molecule has 1 aliphatic rings. The standard InChI is InChI=1S/C18H16O5/c1-2-21-18(20)17-13(4-3-5-14(17)19)8-6-12-7-9-15-16(10-12)23-11-22-15/h3-10,19H,2,11H2,1H3/b8-6+. The van der Waals surface area contributed by atoms with Crippen molar-refractivity contribution in [3.8, 4) is 17.2 Å². The van der Waals surface area contributed by atoms with Gasteiger partial charge in [-0.25, -0.2) is 4.79 Å². The van der Waals surface area contributed by atoms with Crippen LogP contribution in [0.4, 0.5) is 0 Å². The number of fused-ring (bicyclic) bond motifs is 1. The number of carbonyl (C=O) groups excluding carboxylic acids is 1. The van der Waals surface area contributed by atoms with Crippen molar-refractivity contribution in [2.24, 2.45) is 0 Å². The van der Waals surface area contributed by atoms with Gasteiger partial charge in [-0.05, 0) is 36.2 Å². The van der Waals surface area contributed by atoms with Gasteiger partial charge in [-0.15, -0.1) is 0 Å². The van der Waals surface area contributed by atoms with Crippen LogP contribution in [0.15, 0.2) is 36.4 Å². The summed E-state index contributed by atoms with van der Waals surface area (Å²) in [7, 11) is 0. The molecule has 0 aliphatic carbocycles. The summed E-state index contributed by atoms with van der Waals surface area (Å²) in [5.74, 6) is 0.757. The average molecular weight is 312 g/mol. The van der Waals surface area contributed by atoms with Gasteiger partial charge in [0.2, 0.25) is 6.79 Å². The summed E-state index contributed by atoms with van der Waals surface area (Å²) < 4.78 is 15.6. The zero-order valence-corrected chi connectivity index (χ0v) is 12.6. The lowest BCUT2D eigenvalue weighted by atomic mass is 10.0. The largest absolute Gasteiger partial charge is 0.507 e. The van der Waals surface area contributed by atoms with E-state index in [1.807, 2.05) is 24.3 Å². The fourth-order valence-electron chi connectivity index (χ4n) is 2.32. The first kappa shape index (κ1) is 15.0. The monoisotopic (exact) mass is 312 g/mol. The number of esters is 1. The second kappa shape index (κ2) is 6.44. The van der Waals surface area contributed by atoms with E-state index in [-0.39, 0.29) is 24.7 Å². The Labute approximate surface area is 133 Å². The normalized spacial score (nSPS) is 12.6. The summed E-state index contributed by atoms with van der Waals surface area (Å²) in [4.78, 5) is 12.0. The molecular formula is C18H16O5. The van der Waals surface area contributed by atoms with Crippen LogP contribution in [0, 0.1) is 0 Å². The first-order valence-electron chi connectivity index (χ1n) is 7.26. The predicted molar refractivity (Wildman–Crippen MR) is 85.6 cm³/mol. The molecule has 0 spiro atoms. The lowest BCUT2D eigenvalue weighted by molar-refractivity contribution is 0.0523.